The van der Waals surface area contributed by atoms with Crippen molar-refractivity contribution < 1.29 is 0 Å². The molecule has 1 unspecified atom stereocenters. The van der Waals surface area contributed by atoms with Crippen molar-refractivity contribution in [2.24, 2.45) is 0 Å². The van der Waals surface area contributed by atoms with Crippen LogP contribution in [0.5, 0.6) is 0 Å². The molecule has 2 nitrogen and oxygen atoms in total. The Kier molecular flexibility index (Phi) is 4.21. The maximum absolute atomic E-state index is 3.55. The molecule has 1 aliphatic heterocycles. The predicted octanol–water partition coefficient (Wildman–Crippen LogP) is 2.17. The molecule has 0 saturated carbocycles. The average Bonchev–Trinajstić information content (AvgIpc) is 2.65. The van der Waals surface area contributed by atoms with Gasteiger partial charge >= 0.3 is 0 Å². The van der Waals surface area contributed by atoms with Crippen molar-refractivity contribution in [2.75, 3.05) is 26.2 Å². The van der Waals surface area contributed by atoms with Crippen molar-refractivity contribution >= 4 is 0 Å². The number of hydrogen-bond donors (Lipinski definition) is 1. The zero-order valence-electron chi connectivity index (χ0n) is 9.97. The molecule has 1 saturated heterocycles. The molecule has 0 aromatic carbocycles. The van der Waals surface area contributed by atoms with Crippen LogP contribution in [0.25, 0.3) is 0 Å². The van der Waals surface area contributed by atoms with Crippen LogP contribution in [-0.4, -0.2) is 37.1 Å². The lowest BCUT2D eigenvalue weighted by molar-refractivity contribution is 0.275. The van der Waals surface area contributed by atoms with Gasteiger partial charge in [-0.15, -0.1) is 0 Å². The highest BCUT2D eigenvalue weighted by atomic mass is 15.2. The van der Waals surface area contributed by atoms with E-state index in [2.05, 4.69) is 23.2 Å². The lowest BCUT2D eigenvalue weighted by Crippen LogP contribution is -2.35. The Balaban J connectivity index is 1.72. The van der Waals surface area contributed by atoms with Gasteiger partial charge < -0.3 is 10.2 Å². The Labute approximate surface area is 93.7 Å². The number of hydrogen-bond acceptors (Lipinski definition) is 2. The fourth-order valence-corrected chi connectivity index (χ4v) is 2.66. The van der Waals surface area contributed by atoms with E-state index in [9.17, 15) is 0 Å². The van der Waals surface area contributed by atoms with Crippen LogP contribution in [0.3, 0.4) is 0 Å². The lowest BCUT2D eigenvalue weighted by atomic mass is 10.1. The standard InChI is InChI=1S/C13H24N2/c1-12-11-15(9-4-8-14-12)10-7-13-5-2-3-6-13/h5,12,14H,2-4,6-11H2,1H3. The molecule has 2 aliphatic rings. The molecule has 86 valence electrons. The van der Waals surface area contributed by atoms with E-state index in [1.165, 1.54) is 58.3 Å². The van der Waals surface area contributed by atoms with E-state index in [0.29, 0.717) is 6.04 Å². The van der Waals surface area contributed by atoms with Crippen LogP contribution in [0.2, 0.25) is 0 Å². The summed E-state index contributed by atoms with van der Waals surface area (Å²) in [5.74, 6) is 0. The molecule has 2 rings (SSSR count). The molecule has 2 heteroatoms. The highest BCUT2D eigenvalue weighted by Gasteiger charge is 2.14. The first kappa shape index (κ1) is 11.2. The Bertz CT molecular complexity index is 223. The highest BCUT2D eigenvalue weighted by molar-refractivity contribution is 5.07. The van der Waals surface area contributed by atoms with Gasteiger partial charge in [-0.1, -0.05) is 11.6 Å². The van der Waals surface area contributed by atoms with Crippen LogP contribution in [-0.2, 0) is 0 Å². The van der Waals surface area contributed by atoms with E-state index in [1.54, 1.807) is 5.57 Å². The fraction of sp³-hybridized carbons (Fsp3) is 0.846. The number of nitrogens with one attached hydrogen (secondary N) is 1. The summed E-state index contributed by atoms with van der Waals surface area (Å²) in [5.41, 5.74) is 1.71. The van der Waals surface area contributed by atoms with Crippen molar-refractivity contribution in [3.8, 4) is 0 Å². The topological polar surface area (TPSA) is 15.3 Å². The second-order valence-electron chi connectivity index (χ2n) is 5.01. The zero-order chi connectivity index (χ0) is 10.5. The number of nitrogens with zero attached hydrogens (tertiary/aromatic N) is 1. The molecule has 1 heterocycles. The van der Waals surface area contributed by atoms with E-state index in [1.807, 2.05) is 0 Å². The van der Waals surface area contributed by atoms with Crippen molar-refractivity contribution in [1.29, 1.82) is 0 Å². The van der Waals surface area contributed by atoms with E-state index < -0.39 is 0 Å². The number of allylic oxidation sites excluding steroid dienone is 1. The monoisotopic (exact) mass is 208 g/mol. The van der Waals surface area contributed by atoms with E-state index >= 15 is 0 Å². The minimum Gasteiger partial charge on any atom is -0.313 e. The van der Waals surface area contributed by atoms with Gasteiger partial charge in [0.2, 0.25) is 0 Å². The molecule has 1 fully saturated rings. The first-order chi connectivity index (χ1) is 7.34. The molecule has 0 aromatic rings. The van der Waals surface area contributed by atoms with Crippen LogP contribution in [0, 0.1) is 0 Å². The minimum atomic E-state index is 0.671. The summed E-state index contributed by atoms with van der Waals surface area (Å²) in [6.45, 7) is 7.28. The SMILES string of the molecule is CC1CN(CCC2=CCCC2)CCCN1. The molecular weight excluding hydrogens is 184 g/mol. The lowest BCUT2D eigenvalue weighted by Gasteiger charge is -2.22. The van der Waals surface area contributed by atoms with Gasteiger partial charge in [0.15, 0.2) is 0 Å². The smallest absolute Gasteiger partial charge is 0.0166 e. The molecule has 1 N–H and O–H groups in total. The van der Waals surface area contributed by atoms with Gasteiger partial charge in [0.25, 0.3) is 0 Å². The van der Waals surface area contributed by atoms with Crippen LogP contribution in [0.1, 0.15) is 39.0 Å². The molecule has 0 aromatic heterocycles. The zero-order valence-corrected chi connectivity index (χ0v) is 9.97. The average molecular weight is 208 g/mol. The third-order valence-electron chi connectivity index (χ3n) is 3.56. The van der Waals surface area contributed by atoms with Crippen molar-refractivity contribution in [2.45, 2.75) is 45.1 Å². The third-order valence-corrected chi connectivity index (χ3v) is 3.56. The minimum absolute atomic E-state index is 0.671. The molecule has 0 bridgehead atoms. The summed E-state index contributed by atoms with van der Waals surface area (Å²) in [5, 5.41) is 3.55. The Morgan fingerprint density at radius 2 is 2.40 bits per heavy atom. The van der Waals surface area contributed by atoms with Gasteiger partial charge in [0.1, 0.15) is 0 Å². The van der Waals surface area contributed by atoms with E-state index in [0.717, 1.165) is 0 Å². The normalized spacial score (nSPS) is 28.9. The summed E-state index contributed by atoms with van der Waals surface area (Å²) in [7, 11) is 0. The molecule has 0 spiro atoms. The van der Waals surface area contributed by atoms with E-state index in [-0.39, 0.29) is 0 Å². The molecule has 15 heavy (non-hydrogen) atoms. The third kappa shape index (κ3) is 3.62. The van der Waals surface area contributed by atoms with Gasteiger partial charge in [-0.25, -0.2) is 0 Å². The Morgan fingerprint density at radius 3 is 3.20 bits per heavy atom. The van der Waals surface area contributed by atoms with Gasteiger partial charge in [0, 0.05) is 19.1 Å². The summed E-state index contributed by atoms with van der Waals surface area (Å²) >= 11 is 0. The quantitative estimate of drug-likeness (QED) is 0.715. The van der Waals surface area contributed by atoms with Crippen molar-refractivity contribution in [1.82, 2.24) is 10.2 Å². The Morgan fingerprint density at radius 1 is 1.47 bits per heavy atom. The fourth-order valence-electron chi connectivity index (χ4n) is 2.66. The van der Waals surface area contributed by atoms with Crippen molar-refractivity contribution in [3.05, 3.63) is 11.6 Å². The van der Waals surface area contributed by atoms with Gasteiger partial charge in [-0.05, 0) is 52.1 Å². The van der Waals surface area contributed by atoms with Crippen LogP contribution in [0.15, 0.2) is 11.6 Å². The first-order valence-electron chi connectivity index (χ1n) is 6.48. The van der Waals surface area contributed by atoms with Gasteiger partial charge in [-0.3, -0.25) is 0 Å². The molecule has 1 atom stereocenters. The molecule has 0 radical (unpaired) electrons. The Hall–Kier alpha value is -0.340. The first-order valence-corrected chi connectivity index (χ1v) is 6.48. The maximum atomic E-state index is 3.55. The van der Waals surface area contributed by atoms with Crippen LogP contribution < -0.4 is 5.32 Å². The maximum Gasteiger partial charge on any atom is 0.0166 e. The second kappa shape index (κ2) is 5.66. The van der Waals surface area contributed by atoms with Crippen LogP contribution in [0.4, 0.5) is 0 Å². The molecular formula is C13H24N2. The van der Waals surface area contributed by atoms with E-state index in [4.69, 9.17) is 0 Å². The highest BCUT2D eigenvalue weighted by Crippen LogP contribution is 2.20. The summed E-state index contributed by atoms with van der Waals surface area (Å²) in [6, 6.07) is 0.671. The summed E-state index contributed by atoms with van der Waals surface area (Å²) in [4.78, 5) is 2.63. The largest absolute Gasteiger partial charge is 0.313 e. The predicted molar refractivity (Wildman–Crippen MR) is 65.1 cm³/mol. The van der Waals surface area contributed by atoms with Gasteiger partial charge in [-0.2, -0.15) is 0 Å². The molecule has 1 aliphatic carbocycles. The second-order valence-corrected chi connectivity index (χ2v) is 5.01. The summed E-state index contributed by atoms with van der Waals surface area (Å²) < 4.78 is 0. The van der Waals surface area contributed by atoms with Gasteiger partial charge in [0.05, 0.1) is 0 Å². The summed E-state index contributed by atoms with van der Waals surface area (Å²) in [6.07, 6.45) is 9.16. The number of rotatable bonds is 3. The van der Waals surface area contributed by atoms with Crippen LogP contribution >= 0.6 is 0 Å². The molecule has 0 amide bonds. The van der Waals surface area contributed by atoms with Crippen molar-refractivity contribution in [3.63, 3.8) is 0 Å².